The van der Waals surface area contributed by atoms with Crippen molar-refractivity contribution in [3.05, 3.63) is 46.7 Å². The van der Waals surface area contributed by atoms with E-state index >= 15 is 0 Å². The van der Waals surface area contributed by atoms with Gasteiger partial charge in [-0.3, -0.25) is 0 Å². The molecule has 3 nitrogen and oxygen atoms in total. The number of fused-ring (bicyclic) bond motifs is 1. The molecule has 21 heavy (non-hydrogen) atoms. The molecule has 0 aliphatic rings. The van der Waals surface area contributed by atoms with E-state index in [1.807, 2.05) is 18.2 Å². The molecule has 0 radical (unpaired) electrons. The fourth-order valence-electron chi connectivity index (χ4n) is 2.52. The van der Waals surface area contributed by atoms with Gasteiger partial charge in [-0.25, -0.2) is 9.37 Å². The molecule has 3 rings (SSSR count). The summed E-state index contributed by atoms with van der Waals surface area (Å²) in [4.78, 5) is 4.59. The second kappa shape index (κ2) is 5.15. The Bertz CT molecular complexity index is 824. The molecule has 0 atom stereocenters. The van der Waals surface area contributed by atoms with Crippen molar-refractivity contribution in [2.45, 2.75) is 19.9 Å². The van der Waals surface area contributed by atoms with Crippen LogP contribution in [0.25, 0.3) is 22.4 Å². The average molecular weight is 348 g/mol. The van der Waals surface area contributed by atoms with Crippen molar-refractivity contribution in [2.24, 2.45) is 0 Å². The van der Waals surface area contributed by atoms with Crippen LogP contribution in [0.4, 0.5) is 10.1 Å². The Kier molecular flexibility index (Phi) is 3.45. The van der Waals surface area contributed by atoms with E-state index in [0.717, 1.165) is 21.4 Å². The third-order valence-electron chi connectivity index (χ3n) is 3.46. The lowest BCUT2D eigenvalue weighted by atomic mass is 10.1. The van der Waals surface area contributed by atoms with E-state index in [0.29, 0.717) is 11.2 Å². The highest BCUT2D eigenvalue weighted by molar-refractivity contribution is 9.10. The Morgan fingerprint density at radius 3 is 2.71 bits per heavy atom. The van der Waals surface area contributed by atoms with Crippen LogP contribution in [0.2, 0.25) is 0 Å². The highest BCUT2D eigenvalue weighted by Crippen LogP contribution is 2.35. The molecule has 0 aliphatic heterocycles. The van der Waals surface area contributed by atoms with Crippen molar-refractivity contribution in [1.82, 2.24) is 9.55 Å². The monoisotopic (exact) mass is 347 g/mol. The fourth-order valence-corrected chi connectivity index (χ4v) is 2.88. The molecule has 0 saturated carbocycles. The molecule has 0 amide bonds. The maximum atomic E-state index is 13.4. The number of nitrogens with two attached hydrogens (primary N) is 1. The van der Waals surface area contributed by atoms with Crippen LogP contribution in [0.15, 0.2) is 40.9 Å². The molecule has 0 spiro atoms. The van der Waals surface area contributed by atoms with Gasteiger partial charge in [-0.05, 0) is 54.0 Å². The standard InChI is InChI=1S/C16H15BrFN3/c1-9(2)21-14-7-6-10(18)8-13(14)20-16(21)11-4-3-5-12(17)15(11)19/h3-9H,19H2,1-2H3. The van der Waals surface area contributed by atoms with Crippen LogP contribution in [-0.2, 0) is 0 Å². The molecule has 3 aromatic rings. The van der Waals surface area contributed by atoms with Gasteiger partial charge in [0.2, 0.25) is 0 Å². The number of hydrogen-bond acceptors (Lipinski definition) is 2. The van der Waals surface area contributed by atoms with Gasteiger partial charge in [0.1, 0.15) is 11.6 Å². The number of nitrogens with zero attached hydrogens (tertiary/aromatic N) is 2. The zero-order valence-electron chi connectivity index (χ0n) is 11.8. The molecule has 0 unspecified atom stereocenters. The van der Waals surface area contributed by atoms with Crippen LogP contribution in [-0.4, -0.2) is 9.55 Å². The van der Waals surface area contributed by atoms with Crippen LogP contribution in [0.5, 0.6) is 0 Å². The zero-order chi connectivity index (χ0) is 15.1. The normalized spacial score (nSPS) is 11.5. The molecule has 0 bridgehead atoms. The Hall–Kier alpha value is -1.88. The summed E-state index contributed by atoms with van der Waals surface area (Å²) in [6.07, 6.45) is 0. The molecular weight excluding hydrogens is 333 g/mol. The Balaban J connectivity index is 2.36. The van der Waals surface area contributed by atoms with Gasteiger partial charge >= 0.3 is 0 Å². The minimum Gasteiger partial charge on any atom is -0.397 e. The van der Waals surface area contributed by atoms with Gasteiger partial charge in [0.05, 0.1) is 16.7 Å². The minimum atomic E-state index is -0.287. The van der Waals surface area contributed by atoms with Gasteiger partial charge in [0, 0.05) is 22.1 Å². The van der Waals surface area contributed by atoms with Gasteiger partial charge in [-0.1, -0.05) is 6.07 Å². The number of benzene rings is 2. The van der Waals surface area contributed by atoms with Gasteiger partial charge in [-0.15, -0.1) is 0 Å². The quantitative estimate of drug-likeness (QED) is 0.678. The summed E-state index contributed by atoms with van der Waals surface area (Å²) in [5.74, 6) is 0.467. The first-order chi connectivity index (χ1) is 9.99. The molecule has 2 aromatic carbocycles. The van der Waals surface area contributed by atoms with E-state index in [1.54, 1.807) is 6.07 Å². The molecule has 1 aromatic heterocycles. The lowest BCUT2D eigenvalue weighted by molar-refractivity contribution is 0.620. The first-order valence-electron chi connectivity index (χ1n) is 6.71. The zero-order valence-corrected chi connectivity index (χ0v) is 13.4. The number of hydrogen-bond donors (Lipinski definition) is 1. The predicted molar refractivity (Wildman–Crippen MR) is 87.6 cm³/mol. The van der Waals surface area contributed by atoms with Gasteiger partial charge in [0.25, 0.3) is 0 Å². The maximum Gasteiger partial charge on any atom is 0.143 e. The first-order valence-corrected chi connectivity index (χ1v) is 7.50. The summed E-state index contributed by atoms with van der Waals surface area (Å²) in [5.41, 5.74) is 9.18. The van der Waals surface area contributed by atoms with Gasteiger partial charge < -0.3 is 10.3 Å². The topological polar surface area (TPSA) is 43.8 Å². The fraction of sp³-hybridized carbons (Fsp3) is 0.188. The van der Waals surface area contributed by atoms with Crippen molar-refractivity contribution < 1.29 is 4.39 Å². The smallest absolute Gasteiger partial charge is 0.143 e. The van der Waals surface area contributed by atoms with Crippen molar-refractivity contribution in [3.63, 3.8) is 0 Å². The Labute approximate surface area is 130 Å². The number of anilines is 1. The Morgan fingerprint density at radius 1 is 1.24 bits per heavy atom. The van der Waals surface area contributed by atoms with Crippen LogP contribution in [0.3, 0.4) is 0 Å². The van der Waals surface area contributed by atoms with Crippen molar-refractivity contribution in [2.75, 3.05) is 5.73 Å². The lowest BCUT2D eigenvalue weighted by Gasteiger charge is -2.14. The summed E-state index contributed by atoms with van der Waals surface area (Å²) in [5, 5.41) is 0. The number of aromatic nitrogens is 2. The van der Waals surface area contributed by atoms with Crippen LogP contribution in [0.1, 0.15) is 19.9 Å². The molecule has 0 aliphatic carbocycles. The lowest BCUT2D eigenvalue weighted by Crippen LogP contribution is -2.04. The molecule has 5 heteroatoms. The van der Waals surface area contributed by atoms with Crippen LogP contribution in [0, 0.1) is 5.82 Å². The summed E-state index contributed by atoms with van der Waals surface area (Å²) in [6, 6.07) is 10.6. The highest BCUT2D eigenvalue weighted by Gasteiger charge is 2.17. The summed E-state index contributed by atoms with van der Waals surface area (Å²) >= 11 is 3.44. The SMILES string of the molecule is CC(C)n1c(-c2cccc(Br)c2N)nc2cc(F)ccc21. The third kappa shape index (κ3) is 2.31. The van der Waals surface area contributed by atoms with Gasteiger partial charge in [-0.2, -0.15) is 0 Å². The largest absolute Gasteiger partial charge is 0.397 e. The molecule has 1 heterocycles. The van der Waals surface area contributed by atoms with E-state index in [2.05, 4.69) is 39.3 Å². The number of nitrogen functional groups attached to an aromatic ring is 1. The number of para-hydroxylation sites is 1. The highest BCUT2D eigenvalue weighted by atomic mass is 79.9. The van der Waals surface area contributed by atoms with E-state index in [9.17, 15) is 4.39 Å². The van der Waals surface area contributed by atoms with E-state index < -0.39 is 0 Å². The molecule has 0 fully saturated rings. The first kappa shape index (κ1) is 14.1. The number of halogens is 2. The minimum absolute atomic E-state index is 0.189. The summed E-state index contributed by atoms with van der Waals surface area (Å²) in [7, 11) is 0. The van der Waals surface area contributed by atoms with Crippen LogP contribution < -0.4 is 5.73 Å². The maximum absolute atomic E-state index is 13.4. The molecular formula is C16H15BrFN3. The van der Waals surface area contributed by atoms with E-state index in [-0.39, 0.29) is 11.9 Å². The van der Waals surface area contributed by atoms with E-state index in [1.165, 1.54) is 12.1 Å². The Morgan fingerprint density at radius 2 is 2.00 bits per heavy atom. The van der Waals surface area contributed by atoms with Crippen LogP contribution >= 0.6 is 15.9 Å². The molecule has 108 valence electrons. The third-order valence-corrected chi connectivity index (χ3v) is 4.15. The second-order valence-electron chi connectivity index (χ2n) is 5.23. The van der Waals surface area contributed by atoms with Gasteiger partial charge in [0.15, 0.2) is 0 Å². The summed E-state index contributed by atoms with van der Waals surface area (Å²) in [6.45, 7) is 4.14. The molecule has 0 saturated heterocycles. The van der Waals surface area contributed by atoms with Crippen molar-refractivity contribution in [1.29, 1.82) is 0 Å². The second-order valence-corrected chi connectivity index (χ2v) is 6.09. The van der Waals surface area contributed by atoms with Crippen molar-refractivity contribution in [3.8, 4) is 11.4 Å². The number of imidazole rings is 1. The number of rotatable bonds is 2. The predicted octanol–water partition coefficient (Wildman–Crippen LogP) is 4.77. The summed E-state index contributed by atoms with van der Waals surface area (Å²) < 4.78 is 16.3. The average Bonchev–Trinajstić information content (AvgIpc) is 2.80. The molecule has 2 N–H and O–H groups in total. The van der Waals surface area contributed by atoms with E-state index in [4.69, 9.17) is 5.73 Å². The van der Waals surface area contributed by atoms with Crippen molar-refractivity contribution >= 4 is 32.7 Å².